The molecule has 1 saturated heterocycles. The van der Waals surface area contributed by atoms with Gasteiger partial charge in [-0.1, -0.05) is 19.4 Å². The van der Waals surface area contributed by atoms with Gasteiger partial charge >= 0.3 is 6.09 Å². The first kappa shape index (κ1) is 17.5. The summed E-state index contributed by atoms with van der Waals surface area (Å²) in [6.45, 7) is 2.41. The van der Waals surface area contributed by atoms with Gasteiger partial charge in [-0.25, -0.2) is 14.7 Å². The summed E-state index contributed by atoms with van der Waals surface area (Å²) in [6, 6.07) is 6.03. The van der Waals surface area contributed by atoms with Crippen LogP contribution in [0.1, 0.15) is 32.6 Å². The zero-order valence-electron chi connectivity index (χ0n) is 14.2. The minimum absolute atomic E-state index is 0.174. The average molecular weight is 359 g/mol. The summed E-state index contributed by atoms with van der Waals surface area (Å²) in [6.07, 6.45) is 8.18. The highest BCUT2D eigenvalue weighted by Crippen LogP contribution is 2.22. The Bertz CT molecular complexity index is 800. The molecule has 0 bridgehead atoms. The SMILES string of the molecule is CCCC=C1OC(=O)N(CCCCSc2cccc3nccn23)C1=O. The van der Waals surface area contributed by atoms with Crippen LogP contribution in [0, 0.1) is 0 Å². The fraction of sp³-hybridized carbons (Fsp3) is 0.389. The van der Waals surface area contributed by atoms with E-state index in [0.29, 0.717) is 6.54 Å². The quantitative estimate of drug-likeness (QED) is 0.407. The highest BCUT2D eigenvalue weighted by molar-refractivity contribution is 7.99. The molecule has 3 heterocycles. The normalized spacial score (nSPS) is 16.2. The van der Waals surface area contributed by atoms with Crippen LogP contribution >= 0.6 is 11.8 Å². The Morgan fingerprint density at radius 2 is 2.16 bits per heavy atom. The van der Waals surface area contributed by atoms with Crippen molar-refractivity contribution in [3.8, 4) is 0 Å². The Balaban J connectivity index is 1.45. The van der Waals surface area contributed by atoms with E-state index >= 15 is 0 Å². The molecule has 3 rings (SSSR count). The molecule has 1 aliphatic heterocycles. The Hall–Kier alpha value is -2.28. The van der Waals surface area contributed by atoms with E-state index in [1.54, 1.807) is 24.0 Å². The van der Waals surface area contributed by atoms with Crippen LogP contribution in [0.15, 0.2) is 47.5 Å². The molecule has 0 aliphatic carbocycles. The smallest absolute Gasteiger partial charge is 0.404 e. The number of thioether (sulfide) groups is 1. The van der Waals surface area contributed by atoms with Crippen molar-refractivity contribution in [2.75, 3.05) is 12.3 Å². The van der Waals surface area contributed by atoms with E-state index < -0.39 is 6.09 Å². The minimum atomic E-state index is -0.553. The third-order valence-corrected chi connectivity index (χ3v) is 5.03. The second kappa shape index (κ2) is 8.20. The van der Waals surface area contributed by atoms with Crippen molar-refractivity contribution in [3.63, 3.8) is 0 Å². The van der Waals surface area contributed by atoms with Gasteiger partial charge in [-0.3, -0.25) is 9.20 Å². The van der Waals surface area contributed by atoms with Crippen molar-refractivity contribution in [2.45, 2.75) is 37.6 Å². The van der Waals surface area contributed by atoms with E-state index in [2.05, 4.69) is 15.5 Å². The van der Waals surface area contributed by atoms with Crippen molar-refractivity contribution < 1.29 is 14.3 Å². The van der Waals surface area contributed by atoms with E-state index in [1.165, 1.54) is 4.90 Å². The summed E-state index contributed by atoms with van der Waals surface area (Å²) in [4.78, 5) is 29.4. The van der Waals surface area contributed by atoms with Gasteiger partial charge in [-0.15, -0.1) is 11.8 Å². The first-order valence-corrected chi connectivity index (χ1v) is 9.48. The van der Waals surface area contributed by atoms with Gasteiger partial charge in [0.05, 0.1) is 5.03 Å². The summed E-state index contributed by atoms with van der Waals surface area (Å²) in [5, 5.41) is 1.14. The number of rotatable bonds is 8. The summed E-state index contributed by atoms with van der Waals surface area (Å²) >= 11 is 1.74. The Labute approximate surface area is 150 Å². The topological polar surface area (TPSA) is 63.9 Å². The highest BCUT2D eigenvalue weighted by Gasteiger charge is 2.35. The lowest BCUT2D eigenvalue weighted by Gasteiger charge is -2.10. The van der Waals surface area contributed by atoms with Gasteiger partial charge in [0.15, 0.2) is 5.76 Å². The van der Waals surface area contributed by atoms with Gasteiger partial charge < -0.3 is 4.74 Å². The highest BCUT2D eigenvalue weighted by atomic mass is 32.2. The van der Waals surface area contributed by atoms with E-state index in [0.717, 1.165) is 42.1 Å². The van der Waals surface area contributed by atoms with Crippen LogP contribution in [-0.2, 0) is 9.53 Å². The lowest BCUT2D eigenvalue weighted by molar-refractivity contribution is -0.123. The number of imide groups is 1. The summed E-state index contributed by atoms with van der Waals surface area (Å²) < 4.78 is 7.09. The number of ether oxygens (including phenoxy) is 1. The Morgan fingerprint density at radius 1 is 1.28 bits per heavy atom. The maximum absolute atomic E-state index is 12.1. The number of pyridine rings is 1. The molecule has 2 amide bonds. The van der Waals surface area contributed by atoms with Crippen LogP contribution in [0.4, 0.5) is 4.79 Å². The molecule has 6 nitrogen and oxygen atoms in total. The number of unbranched alkanes of at least 4 members (excludes halogenated alkanes) is 2. The van der Waals surface area contributed by atoms with Crippen LogP contribution in [0.25, 0.3) is 5.65 Å². The number of carbonyl (C=O) groups is 2. The number of aromatic nitrogens is 2. The van der Waals surface area contributed by atoms with Gasteiger partial charge in [-0.2, -0.15) is 0 Å². The molecule has 0 aromatic carbocycles. The number of carbonyl (C=O) groups excluding carboxylic acids is 2. The zero-order chi connectivity index (χ0) is 17.6. The van der Waals surface area contributed by atoms with Gasteiger partial charge in [-0.05, 0) is 43.2 Å². The fourth-order valence-electron chi connectivity index (χ4n) is 2.59. The molecule has 25 heavy (non-hydrogen) atoms. The molecule has 0 radical (unpaired) electrons. The largest absolute Gasteiger partial charge is 0.422 e. The number of fused-ring (bicyclic) bond motifs is 1. The average Bonchev–Trinajstić information content (AvgIpc) is 3.19. The van der Waals surface area contributed by atoms with Crippen molar-refractivity contribution in [3.05, 3.63) is 42.4 Å². The molecule has 132 valence electrons. The van der Waals surface area contributed by atoms with Crippen LogP contribution in [-0.4, -0.2) is 38.6 Å². The van der Waals surface area contributed by atoms with E-state index in [1.807, 2.05) is 25.3 Å². The van der Waals surface area contributed by atoms with Crippen LogP contribution in [0.2, 0.25) is 0 Å². The number of allylic oxidation sites excluding steroid dienone is 1. The number of cyclic esters (lactones) is 1. The van der Waals surface area contributed by atoms with E-state index in [9.17, 15) is 9.59 Å². The van der Waals surface area contributed by atoms with E-state index in [-0.39, 0.29) is 11.7 Å². The number of nitrogens with zero attached hydrogens (tertiary/aromatic N) is 3. The number of amides is 2. The predicted octanol–water partition coefficient (Wildman–Crippen LogP) is 3.87. The summed E-state index contributed by atoms with van der Waals surface area (Å²) in [7, 11) is 0. The molecular weight excluding hydrogens is 338 g/mol. The van der Waals surface area contributed by atoms with Crippen molar-refractivity contribution in [2.24, 2.45) is 0 Å². The van der Waals surface area contributed by atoms with Gasteiger partial charge in [0.1, 0.15) is 5.65 Å². The van der Waals surface area contributed by atoms with Gasteiger partial charge in [0.2, 0.25) is 0 Å². The third-order valence-electron chi connectivity index (χ3n) is 3.91. The maximum Gasteiger partial charge on any atom is 0.422 e. The first-order valence-electron chi connectivity index (χ1n) is 8.49. The minimum Gasteiger partial charge on any atom is -0.404 e. The van der Waals surface area contributed by atoms with E-state index in [4.69, 9.17) is 4.74 Å². The number of hydrogen-bond donors (Lipinski definition) is 0. The monoisotopic (exact) mass is 359 g/mol. The van der Waals surface area contributed by atoms with Crippen molar-refractivity contribution >= 4 is 29.4 Å². The van der Waals surface area contributed by atoms with Crippen molar-refractivity contribution in [1.82, 2.24) is 14.3 Å². The molecule has 0 unspecified atom stereocenters. The molecule has 7 heteroatoms. The van der Waals surface area contributed by atoms with Gasteiger partial charge in [0, 0.05) is 18.9 Å². The molecule has 1 aliphatic rings. The molecule has 0 N–H and O–H groups in total. The second-order valence-electron chi connectivity index (χ2n) is 5.76. The summed E-state index contributed by atoms with van der Waals surface area (Å²) in [5.74, 6) is 0.773. The standard InChI is InChI=1S/C18H21N3O3S/c1-2-3-7-14-17(22)21(18(23)24-14)11-4-5-13-25-16-9-6-8-15-19-10-12-20(15)16/h6-10,12H,2-5,11,13H2,1H3. The fourth-order valence-corrected chi connectivity index (χ4v) is 3.62. The van der Waals surface area contributed by atoms with Crippen molar-refractivity contribution in [1.29, 1.82) is 0 Å². The third kappa shape index (κ3) is 4.04. The van der Waals surface area contributed by atoms with Gasteiger partial charge in [0.25, 0.3) is 5.91 Å². The first-order chi connectivity index (χ1) is 12.2. The predicted molar refractivity (Wildman–Crippen MR) is 96.3 cm³/mol. The molecule has 0 atom stereocenters. The molecule has 0 spiro atoms. The second-order valence-corrected chi connectivity index (χ2v) is 6.87. The zero-order valence-corrected chi connectivity index (χ0v) is 15.0. The van der Waals surface area contributed by atoms with Crippen LogP contribution in [0.5, 0.6) is 0 Å². The molecule has 2 aromatic rings. The summed E-state index contributed by atoms with van der Waals surface area (Å²) in [5.41, 5.74) is 0.932. The molecule has 1 fully saturated rings. The van der Waals surface area contributed by atoms with Crippen LogP contribution < -0.4 is 0 Å². The Kier molecular flexibility index (Phi) is 5.75. The number of imidazole rings is 1. The molecule has 0 saturated carbocycles. The number of hydrogen-bond acceptors (Lipinski definition) is 5. The lowest BCUT2D eigenvalue weighted by atomic mass is 10.3. The maximum atomic E-state index is 12.1. The molecule has 2 aromatic heterocycles. The molecular formula is C18H21N3O3S. The Morgan fingerprint density at radius 3 is 3.00 bits per heavy atom. The van der Waals surface area contributed by atoms with Crippen LogP contribution in [0.3, 0.4) is 0 Å². The lowest BCUT2D eigenvalue weighted by Crippen LogP contribution is -2.29.